The number of hydrogen-bond donors (Lipinski definition) is 2. The van der Waals surface area contributed by atoms with Gasteiger partial charge in [0.2, 0.25) is 0 Å². The predicted octanol–water partition coefficient (Wildman–Crippen LogP) is 2.47. The lowest BCUT2D eigenvalue weighted by molar-refractivity contribution is 0.0303. The highest BCUT2D eigenvalue weighted by Gasteiger charge is 2.18. The van der Waals surface area contributed by atoms with Crippen LogP contribution in [0.15, 0.2) is 48.5 Å². The maximum Gasteiger partial charge on any atom is 0.335 e. The number of carboxylic acids is 1. The molecule has 2 N–H and O–H groups in total. The fourth-order valence-electron chi connectivity index (χ4n) is 2.73. The number of benzene rings is 2. The minimum atomic E-state index is -0.944. The zero-order chi connectivity index (χ0) is 17.6. The lowest BCUT2D eigenvalue weighted by Crippen LogP contribution is -2.40. The number of carbonyl (C=O) groups is 2. The van der Waals surface area contributed by atoms with Crippen LogP contribution in [0, 0.1) is 0 Å². The van der Waals surface area contributed by atoms with Gasteiger partial charge in [0.15, 0.2) is 0 Å². The predicted molar refractivity (Wildman–Crippen MR) is 93.9 cm³/mol. The molecule has 2 aromatic rings. The molecule has 0 saturated carbocycles. The average Bonchev–Trinajstić information content (AvgIpc) is 2.67. The molecule has 1 heterocycles. The van der Waals surface area contributed by atoms with Crippen LogP contribution >= 0.6 is 0 Å². The van der Waals surface area contributed by atoms with E-state index < -0.39 is 5.97 Å². The van der Waals surface area contributed by atoms with E-state index in [1.165, 1.54) is 0 Å². The molecule has 2 aromatic carbocycles. The molecule has 1 fully saturated rings. The van der Waals surface area contributed by atoms with Crippen LogP contribution in [0.1, 0.15) is 26.3 Å². The molecule has 6 nitrogen and oxygen atoms in total. The van der Waals surface area contributed by atoms with Gasteiger partial charge in [-0.25, -0.2) is 4.79 Å². The molecule has 3 rings (SSSR count). The first kappa shape index (κ1) is 17.0. The Kier molecular flexibility index (Phi) is 5.30. The number of ether oxygens (including phenoxy) is 1. The minimum absolute atomic E-state index is 0.000162. The van der Waals surface area contributed by atoms with E-state index in [4.69, 9.17) is 9.84 Å². The summed E-state index contributed by atoms with van der Waals surface area (Å²) in [6.45, 7) is 2.85. The molecule has 0 aliphatic carbocycles. The van der Waals surface area contributed by atoms with E-state index in [2.05, 4.69) is 5.32 Å². The average molecular weight is 340 g/mol. The summed E-state index contributed by atoms with van der Waals surface area (Å²) in [5.41, 5.74) is 2.58. The molecule has 0 bridgehead atoms. The number of aromatic carboxylic acids is 1. The maximum absolute atomic E-state index is 12.5. The number of morpholine rings is 1. The summed E-state index contributed by atoms with van der Waals surface area (Å²) in [4.78, 5) is 25.3. The summed E-state index contributed by atoms with van der Waals surface area (Å²) in [6.07, 6.45) is 0. The molecule has 0 unspecified atom stereocenters. The van der Waals surface area contributed by atoms with Crippen molar-refractivity contribution in [3.05, 3.63) is 65.2 Å². The van der Waals surface area contributed by atoms with Crippen LogP contribution in [0.25, 0.3) is 0 Å². The molecule has 25 heavy (non-hydrogen) atoms. The number of carbonyl (C=O) groups excluding carboxylic acids is 1. The molecule has 130 valence electrons. The highest BCUT2D eigenvalue weighted by atomic mass is 16.5. The summed E-state index contributed by atoms with van der Waals surface area (Å²) in [6, 6.07) is 14.1. The molecular formula is C19H20N2O4. The van der Waals surface area contributed by atoms with Crippen LogP contribution in [-0.2, 0) is 11.3 Å². The van der Waals surface area contributed by atoms with E-state index in [0.717, 1.165) is 11.3 Å². The minimum Gasteiger partial charge on any atom is -0.478 e. The summed E-state index contributed by atoms with van der Waals surface area (Å²) >= 11 is 0. The van der Waals surface area contributed by atoms with E-state index >= 15 is 0 Å². The summed E-state index contributed by atoms with van der Waals surface area (Å²) in [5.74, 6) is -0.945. The third kappa shape index (κ3) is 4.36. The largest absolute Gasteiger partial charge is 0.478 e. The molecule has 0 radical (unpaired) electrons. The number of rotatable bonds is 5. The first-order valence-electron chi connectivity index (χ1n) is 8.17. The number of hydrogen-bond acceptors (Lipinski definition) is 4. The lowest BCUT2D eigenvalue weighted by atomic mass is 10.1. The first-order chi connectivity index (χ1) is 12.1. The van der Waals surface area contributed by atoms with Crippen molar-refractivity contribution >= 4 is 17.6 Å². The molecule has 1 aliphatic rings. The van der Waals surface area contributed by atoms with Crippen LogP contribution in [0.2, 0.25) is 0 Å². The van der Waals surface area contributed by atoms with E-state index in [1.807, 2.05) is 24.3 Å². The Morgan fingerprint density at radius 2 is 1.76 bits per heavy atom. The summed E-state index contributed by atoms with van der Waals surface area (Å²) in [7, 11) is 0. The Bertz CT molecular complexity index is 770. The van der Waals surface area contributed by atoms with Gasteiger partial charge in [-0.05, 0) is 35.9 Å². The second-order valence-corrected chi connectivity index (χ2v) is 5.84. The van der Waals surface area contributed by atoms with E-state index in [1.54, 1.807) is 29.2 Å². The monoisotopic (exact) mass is 340 g/mol. The van der Waals surface area contributed by atoms with E-state index in [9.17, 15) is 9.59 Å². The number of carboxylic acid groups (broad SMARTS) is 1. The van der Waals surface area contributed by atoms with Crippen LogP contribution in [0.5, 0.6) is 0 Å². The van der Waals surface area contributed by atoms with Crippen molar-refractivity contribution in [1.29, 1.82) is 0 Å². The van der Waals surface area contributed by atoms with Crippen LogP contribution < -0.4 is 5.32 Å². The molecular weight excluding hydrogens is 320 g/mol. The Morgan fingerprint density at radius 1 is 1.04 bits per heavy atom. The smallest absolute Gasteiger partial charge is 0.335 e. The third-order valence-electron chi connectivity index (χ3n) is 4.08. The zero-order valence-electron chi connectivity index (χ0n) is 13.8. The fourth-order valence-corrected chi connectivity index (χ4v) is 2.73. The third-order valence-corrected chi connectivity index (χ3v) is 4.08. The Balaban J connectivity index is 1.66. The molecule has 6 heteroatoms. The van der Waals surface area contributed by atoms with Crippen molar-refractivity contribution < 1.29 is 19.4 Å². The van der Waals surface area contributed by atoms with Gasteiger partial charge in [-0.15, -0.1) is 0 Å². The first-order valence-corrected chi connectivity index (χ1v) is 8.17. The van der Waals surface area contributed by atoms with Gasteiger partial charge in [0.05, 0.1) is 18.8 Å². The number of anilines is 1. The van der Waals surface area contributed by atoms with Gasteiger partial charge >= 0.3 is 5.97 Å². The second kappa shape index (κ2) is 7.81. The van der Waals surface area contributed by atoms with Gasteiger partial charge in [-0.2, -0.15) is 0 Å². The highest BCUT2D eigenvalue weighted by molar-refractivity contribution is 5.95. The number of nitrogens with one attached hydrogen (secondary N) is 1. The van der Waals surface area contributed by atoms with Gasteiger partial charge in [0.25, 0.3) is 5.91 Å². The number of amides is 1. The second-order valence-electron chi connectivity index (χ2n) is 5.84. The Morgan fingerprint density at radius 3 is 2.52 bits per heavy atom. The SMILES string of the molecule is O=C(O)c1cccc(CNc2cccc(C(=O)N3CCOCC3)c2)c1. The van der Waals surface area contributed by atoms with Crippen molar-refractivity contribution in [2.24, 2.45) is 0 Å². The Labute approximate surface area is 146 Å². The van der Waals surface area contributed by atoms with E-state index in [-0.39, 0.29) is 11.5 Å². The summed E-state index contributed by atoms with van der Waals surface area (Å²) < 4.78 is 5.28. The molecule has 0 atom stereocenters. The molecule has 0 aromatic heterocycles. The van der Waals surface area contributed by atoms with Gasteiger partial charge in [-0.1, -0.05) is 18.2 Å². The van der Waals surface area contributed by atoms with E-state index in [0.29, 0.717) is 38.4 Å². The van der Waals surface area contributed by atoms with Crippen molar-refractivity contribution in [2.45, 2.75) is 6.54 Å². The lowest BCUT2D eigenvalue weighted by Gasteiger charge is -2.27. The van der Waals surface area contributed by atoms with Crippen molar-refractivity contribution in [3.8, 4) is 0 Å². The van der Waals surface area contributed by atoms with Gasteiger partial charge in [0.1, 0.15) is 0 Å². The fraction of sp³-hybridized carbons (Fsp3) is 0.263. The number of nitrogens with zero attached hydrogens (tertiary/aromatic N) is 1. The van der Waals surface area contributed by atoms with Gasteiger partial charge < -0.3 is 20.1 Å². The summed E-state index contributed by atoms with van der Waals surface area (Å²) in [5, 5.41) is 12.3. The molecule has 0 spiro atoms. The Hall–Kier alpha value is -2.86. The molecule has 1 amide bonds. The molecule has 1 saturated heterocycles. The maximum atomic E-state index is 12.5. The highest BCUT2D eigenvalue weighted by Crippen LogP contribution is 2.15. The molecule has 1 aliphatic heterocycles. The van der Waals surface area contributed by atoms with Crippen LogP contribution in [0.4, 0.5) is 5.69 Å². The standard InChI is InChI=1S/C19H20N2O4/c22-18(21-7-9-25-10-8-21)15-4-2-6-17(12-15)20-13-14-3-1-5-16(11-14)19(23)24/h1-6,11-12,20H,7-10,13H2,(H,23,24). The van der Waals surface area contributed by atoms with Crippen LogP contribution in [-0.4, -0.2) is 48.2 Å². The van der Waals surface area contributed by atoms with Crippen molar-refractivity contribution in [3.63, 3.8) is 0 Å². The normalized spacial score (nSPS) is 14.2. The van der Waals surface area contributed by atoms with Gasteiger partial charge in [-0.3, -0.25) is 4.79 Å². The van der Waals surface area contributed by atoms with Crippen molar-refractivity contribution in [1.82, 2.24) is 4.90 Å². The van der Waals surface area contributed by atoms with Gasteiger partial charge in [0, 0.05) is 30.9 Å². The zero-order valence-corrected chi connectivity index (χ0v) is 13.8. The quantitative estimate of drug-likeness (QED) is 0.874. The topological polar surface area (TPSA) is 78.9 Å². The van der Waals surface area contributed by atoms with Crippen molar-refractivity contribution in [2.75, 3.05) is 31.6 Å². The van der Waals surface area contributed by atoms with Crippen LogP contribution in [0.3, 0.4) is 0 Å².